The normalized spacial score (nSPS) is 16.2. The molecular formula is C11H14BrNO2S2. The smallest absolute Gasteiger partial charge is 0.210 e. The van der Waals surface area contributed by atoms with Crippen LogP contribution in [0.15, 0.2) is 31.8 Å². The molecule has 3 nitrogen and oxygen atoms in total. The standard InChI is InChI=1S/C11H14BrNO2S2/c12-10-5-6-11(16-10)17(14,15)13-8-7-9-3-1-2-4-9/h3,5-6,13H,1-2,4,7-8H2. The van der Waals surface area contributed by atoms with Crippen LogP contribution in [0.2, 0.25) is 0 Å². The van der Waals surface area contributed by atoms with Gasteiger partial charge in [0, 0.05) is 6.54 Å². The van der Waals surface area contributed by atoms with Crippen molar-refractivity contribution in [3.8, 4) is 0 Å². The third-order valence-electron chi connectivity index (χ3n) is 2.69. The first-order valence-electron chi connectivity index (χ1n) is 5.51. The first-order chi connectivity index (χ1) is 8.08. The predicted octanol–water partition coefficient (Wildman–Crippen LogP) is 3.29. The van der Waals surface area contributed by atoms with Crippen molar-refractivity contribution < 1.29 is 8.42 Å². The highest BCUT2D eigenvalue weighted by molar-refractivity contribution is 9.11. The predicted molar refractivity (Wildman–Crippen MR) is 73.8 cm³/mol. The van der Waals surface area contributed by atoms with Crippen molar-refractivity contribution in [2.45, 2.75) is 29.9 Å². The van der Waals surface area contributed by atoms with Crippen LogP contribution in [-0.4, -0.2) is 15.0 Å². The van der Waals surface area contributed by atoms with Crippen LogP contribution in [0.4, 0.5) is 0 Å². The molecule has 17 heavy (non-hydrogen) atoms. The van der Waals surface area contributed by atoms with E-state index in [2.05, 4.69) is 26.7 Å². The summed E-state index contributed by atoms with van der Waals surface area (Å²) in [6, 6.07) is 3.37. The molecule has 1 aromatic heterocycles. The number of hydrogen-bond donors (Lipinski definition) is 1. The minimum atomic E-state index is -3.32. The van der Waals surface area contributed by atoms with Gasteiger partial charge in [-0.05, 0) is 53.7 Å². The van der Waals surface area contributed by atoms with E-state index in [1.165, 1.54) is 23.3 Å². The summed E-state index contributed by atoms with van der Waals surface area (Å²) >= 11 is 4.49. The van der Waals surface area contributed by atoms with E-state index in [9.17, 15) is 8.42 Å². The monoisotopic (exact) mass is 335 g/mol. The van der Waals surface area contributed by atoms with Crippen molar-refractivity contribution in [1.29, 1.82) is 0 Å². The average Bonchev–Trinajstić information content (AvgIpc) is 2.89. The molecule has 6 heteroatoms. The van der Waals surface area contributed by atoms with E-state index < -0.39 is 10.0 Å². The van der Waals surface area contributed by atoms with Crippen LogP contribution >= 0.6 is 27.3 Å². The molecule has 2 rings (SSSR count). The van der Waals surface area contributed by atoms with Gasteiger partial charge < -0.3 is 0 Å². The molecule has 0 unspecified atom stereocenters. The molecule has 0 atom stereocenters. The van der Waals surface area contributed by atoms with Crippen molar-refractivity contribution >= 4 is 37.3 Å². The van der Waals surface area contributed by atoms with Gasteiger partial charge in [-0.2, -0.15) is 0 Å². The molecule has 1 N–H and O–H groups in total. The third-order valence-corrected chi connectivity index (χ3v) is 6.26. The molecule has 0 saturated carbocycles. The number of hydrogen-bond acceptors (Lipinski definition) is 3. The van der Waals surface area contributed by atoms with Gasteiger partial charge in [0.25, 0.3) is 0 Å². The molecule has 0 spiro atoms. The number of allylic oxidation sites excluding steroid dienone is 1. The second-order valence-electron chi connectivity index (χ2n) is 3.96. The van der Waals surface area contributed by atoms with E-state index in [0.717, 1.165) is 23.0 Å². The van der Waals surface area contributed by atoms with Crippen LogP contribution in [0.3, 0.4) is 0 Å². The lowest BCUT2D eigenvalue weighted by Crippen LogP contribution is -2.24. The van der Waals surface area contributed by atoms with Crippen LogP contribution in [0.25, 0.3) is 0 Å². The molecular weight excluding hydrogens is 322 g/mol. The molecule has 0 bridgehead atoms. The van der Waals surface area contributed by atoms with E-state index in [0.29, 0.717) is 10.8 Å². The Morgan fingerprint density at radius 1 is 1.41 bits per heavy atom. The second kappa shape index (κ2) is 5.65. The minimum absolute atomic E-state index is 0.366. The summed E-state index contributed by atoms with van der Waals surface area (Å²) in [6.45, 7) is 0.490. The number of thiophene rings is 1. The van der Waals surface area contributed by atoms with Gasteiger partial charge in [0.05, 0.1) is 3.79 Å². The molecule has 94 valence electrons. The van der Waals surface area contributed by atoms with Crippen molar-refractivity contribution in [1.82, 2.24) is 4.72 Å². The van der Waals surface area contributed by atoms with Gasteiger partial charge in [-0.1, -0.05) is 11.6 Å². The topological polar surface area (TPSA) is 46.2 Å². The molecule has 1 aliphatic carbocycles. The number of nitrogens with one attached hydrogen (secondary N) is 1. The minimum Gasteiger partial charge on any atom is -0.210 e. The number of sulfonamides is 1. The Hall–Kier alpha value is -0.170. The molecule has 0 radical (unpaired) electrons. The molecule has 1 aliphatic rings. The van der Waals surface area contributed by atoms with Crippen LogP contribution in [-0.2, 0) is 10.0 Å². The van der Waals surface area contributed by atoms with E-state index in [1.54, 1.807) is 12.1 Å². The largest absolute Gasteiger partial charge is 0.250 e. The van der Waals surface area contributed by atoms with Crippen LogP contribution in [0.1, 0.15) is 25.7 Å². The molecule has 0 saturated heterocycles. The maximum Gasteiger partial charge on any atom is 0.250 e. The third kappa shape index (κ3) is 3.64. The van der Waals surface area contributed by atoms with Gasteiger partial charge in [-0.25, -0.2) is 13.1 Å². The van der Waals surface area contributed by atoms with E-state index in [1.807, 2.05) is 0 Å². The molecule has 0 amide bonds. The summed E-state index contributed by atoms with van der Waals surface area (Å²) in [5.74, 6) is 0. The van der Waals surface area contributed by atoms with Crippen molar-refractivity contribution in [3.05, 3.63) is 27.6 Å². The number of halogens is 1. The van der Waals surface area contributed by atoms with Crippen LogP contribution < -0.4 is 4.72 Å². The Kier molecular flexibility index (Phi) is 4.41. The molecule has 1 heterocycles. The maximum atomic E-state index is 11.9. The summed E-state index contributed by atoms with van der Waals surface area (Å²) < 4.78 is 27.6. The van der Waals surface area contributed by atoms with Gasteiger partial charge in [-0.3, -0.25) is 0 Å². The van der Waals surface area contributed by atoms with Gasteiger partial charge >= 0.3 is 0 Å². The Morgan fingerprint density at radius 3 is 2.82 bits per heavy atom. The van der Waals surface area contributed by atoms with Crippen molar-refractivity contribution in [2.24, 2.45) is 0 Å². The lowest BCUT2D eigenvalue weighted by molar-refractivity contribution is 0.583. The fraction of sp³-hybridized carbons (Fsp3) is 0.455. The van der Waals surface area contributed by atoms with Crippen LogP contribution in [0, 0.1) is 0 Å². The number of rotatable bonds is 5. The average molecular weight is 336 g/mol. The fourth-order valence-electron chi connectivity index (χ4n) is 1.82. The van der Waals surface area contributed by atoms with Crippen molar-refractivity contribution in [3.63, 3.8) is 0 Å². The lowest BCUT2D eigenvalue weighted by Gasteiger charge is -2.05. The van der Waals surface area contributed by atoms with Crippen LogP contribution in [0.5, 0.6) is 0 Å². The SMILES string of the molecule is O=S(=O)(NCCC1=CCCC1)c1ccc(Br)s1. The zero-order valence-corrected chi connectivity index (χ0v) is 12.5. The van der Waals surface area contributed by atoms with E-state index in [4.69, 9.17) is 0 Å². The Morgan fingerprint density at radius 2 is 2.24 bits per heavy atom. The van der Waals surface area contributed by atoms with Gasteiger partial charge in [-0.15, -0.1) is 11.3 Å². The highest BCUT2D eigenvalue weighted by atomic mass is 79.9. The van der Waals surface area contributed by atoms with Crippen molar-refractivity contribution in [2.75, 3.05) is 6.54 Å². The first-order valence-corrected chi connectivity index (χ1v) is 8.60. The summed E-state index contributed by atoms with van der Waals surface area (Å²) in [4.78, 5) is 0. The Balaban J connectivity index is 1.89. The zero-order chi connectivity index (χ0) is 12.3. The molecule has 0 aromatic carbocycles. The maximum absolute atomic E-state index is 11.9. The van der Waals surface area contributed by atoms with E-state index >= 15 is 0 Å². The highest BCUT2D eigenvalue weighted by Crippen LogP contribution is 2.26. The fourth-order valence-corrected chi connectivity index (χ4v) is 4.91. The molecule has 1 aromatic rings. The summed E-state index contributed by atoms with van der Waals surface area (Å²) in [6.07, 6.45) is 6.51. The summed E-state index contributed by atoms with van der Waals surface area (Å²) in [5.41, 5.74) is 1.38. The zero-order valence-electron chi connectivity index (χ0n) is 9.28. The van der Waals surface area contributed by atoms with Gasteiger partial charge in [0.2, 0.25) is 10.0 Å². The Labute approximate surface area is 114 Å². The lowest BCUT2D eigenvalue weighted by atomic mass is 10.2. The summed E-state index contributed by atoms with van der Waals surface area (Å²) in [5, 5.41) is 0. The second-order valence-corrected chi connectivity index (χ2v) is 8.42. The summed E-state index contributed by atoms with van der Waals surface area (Å²) in [7, 11) is -3.32. The molecule has 0 aliphatic heterocycles. The molecule has 0 fully saturated rings. The van der Waals surface area contributed by atoms with Gasteiger partial charge in [0.1, 0.15) is 4.21 Å². The van der Waals surface area contributed by atoms with E-state index in [-0.39, 0.29) is 0 Å². The van der Waals surface area contributed by atoms with Gasteiger partial charge in [0.15, 0.2) is 0 Å². The first kappa shape index (κ1) is 13.3. The highest BCUT2D eigenvalue weighted by Gasteiger charge is 2.16. The Bertz CT molecular complexity index is 519. The quantitative estimate of drug-likeness (QED) is 0.839.